The summed E-state index contributed by atoms with van der Waals surface area (Å²) in [6.45, 7) is -0.278. The number of rotatable bonds is 8. The van der Waals surface area contributed by atoms with Crippen LogP contribution in [0.5, 0.6) is 11.5 Å². The minimum atomic E-state index is -3.80. The van der Waals surface area contributed by atoms with Crippen molar-refractivity contribution >= 4 is 9.84 Å². The molecule has 0 aliphatic rings. The van der Waals surface area contributed by atoms with Crippen molar-refractivity contribution in [3.8, 4) is 11.5 Å². The topological polar surface area (TPSA) is 93.1 Å². The van der Waals surface area contributed by atoms with Gasteiger partial charge in [-0.15, -0.1) is 0 Å². The Bertz CT molecular complexity index is 742. The van der Waals surface area contributed by atoms with Crippen molar-refractivity contribution in [2.75, 3.05) is 26.4 Å². The van der Waals surface area contributed by atoms with Crippen LogP contribution in [0.15, 0.2) is 58.3 Å². The molecular weight excluding hydrogens is 320 g/mol. The van der Waals surface area contributed by atoms with E-state index >= 15 is 0 Å². The van der Waals surface area contributed by atoms with Crippen molar-refractivity contribution in [2.45, 2.75) is 9.79 Å². The summed E-state index contributed by atoms with van der Waals surface area (Å²) >= 11 is 0. The Labute approximate surface area is 134 Å². The van der Waals surface area contributed by atoms with Gasteiger partial charge in [-0.25, -0.2) is 8.42 Å². The number of ether oxygens (including phenoxy) is 2. The third-order valence-corrected chi connectivity index (χ3v) is 4.75. The number of hydrogen-bond acceptors (Lipinski definition) is 6. The number of sulfone groups is 1. The minimum Gasteiger partial charge on any atom is -0.491 e. The van der Waals surface area contributed by atoms with Gasteiger partial charge in [0.2, 0.25) is 9.84 Å². The van der Waals surface area contributed by atoms with Gasteiger partial charge in [0.15, 0.2) is 0 Å². The standard InChI is InChI=1S/C16H18O6S/c17-8-10-21-13-4-3-5-14(12-13)23(19,20)16-7-2-1-6-15(16)22-11-9-18/h1-7,12,17-18H,8-11H2. The van der Waals surface area contributed by atoms with Gasteiger partial charge in [-0.05, 0) is 30.3 Å². The van der Waals surface area contributed by atoms with E-state index in [9.17, 15) is 8.42 Å². The van der Waals surface area contributed by atoms with E-state index in [4.69, 9.17) is 19.7 Å². The van der Waals surface area contributed by atoms with Crippen LogP contribution < -0.4 is 9.47 Å². The Balaban J connectivity index is 2.39. The molecule has 0 atom stereocenters. The van der Waals surface area contributed by atoms with Crippen molar-refractivity contribution in [3.05, 3.63) is 48.5 Å². The van der Waals surface area contributed by atoms with Gasteiger partial charge >= 0.3 is 0 Å². The zero-order valence-electron chi connectivity index (χ0n) is 12.4. The summed E-state index contributed by atoms with van der Waals surface area (Å²) in [4.78, 5) is 0.0840. The van der Waals surface area contributed by atoms with E-state index in [-0.39, 0.29) is 42.0 Å². The molecule has 0 unspecified atom stereocenters. The van der Waals surface area contributed by atoms with E-state index in [1.54, 1.807) is 24.3 Å². The zero-order valence-corrected chi connectivity index (χ0v) is 13.2. The average Bonchev–Trinajstić information content (AvgIpc) is 2.58. The van der Waals surface area contributed by atoms with Crippen LogP contribution in [0.1, 0.15) is 0 Å². The third-order valence-electron chi connectivity index (χ3n) is 2.96. The van der Waals surface area contributed by atoms with Gasteiger partial charge in [0, 0.05) is 0 Å². The Kier molecular flexibility index (Phi) is 5.97. The van der Waals surface area contributed by atoms with E-state index in [2.05, 4.69) is 0 Å². The lowest BCUT2D eigenvalue weighted by Gasteiger charge is -2.12. The monoisotopic (exact) mass is 338 g/mol. The normalized spacial score (nSPS) is 11.2. The van der Waals surface area contributed by atoms with E-state index < -0.39 is 9.84 Å². The molecule has 2 aromatic carbocycles. The van der Waals surface area contributed by atoms with E-state index in [0.29, 0.717) is 5.75 Å². The second-order valence-electron chi connectivity index (χ2n) is 4.57. The molecule has 0 bridgehead atoms. The third kappa shape index (κ3) is 4.22. The molecule has 2 aromatic rings. The highest BCUT2D eigenvalue weighted by atomic mass is 32.2. The fourth-order valence-corrected chi connectivity index (χ4v) is 3.40. The van der Waals surface area contributed by atoms with Gasteiger partial charge in [0.05, 0.1) is 18.1 Å². The first-order valence-electron chi connectivity index (χ1n) is 7.01. The Hall–Kier alpha value is -2.09. The summed E-state index contributed by atoms with van der Waals surface area (Å²) in [7, 11) is -3.80. The molecule has 2 N–H and O–H groups in total. The first kappa shape index (κ1) is 17.3. The van der Waals surface area contributed by atoms with Gasteiger partial charge in [0.1, 0.15) is 29.6 Å². The maximum Gasteiger partial charge on any atom is 0.210 e. The van der Waals surface area contributed by atoms with Gasteiger partial charge < -0.3 is 19.7 Å². The highest BCUT2D eigenvalue weighted by molar-refractivity contribution is 7.91. The molecule has 0 amide bonds. The molecule has 0 saturated heterocycles. The molecule has 6 nitrogen and oxygen atoms in total. The molecule has 124 valence electrons. The number of aliphatic hydroxyl groups excluding tert-OH is 2. The number of para-hydroxylation sites is 1. The summed E-state index contributed by atoms with van der Waals surface area (Å²) in [6.07, 6.45) is 0. The fraction of sp³-hybridized carbons (Fsp3) is 0.250. The largest absolute Gasteiger partial charge is 0.491 e. The number of hydrogen-bond donors (Lipinski definition) is 2. The van der Waals surface area contributed by atoms with E-state index in [1.165, 1.54) is 24.3 Å². The predicted octanol–water partition coefficient (Wildman–Crippen LogP) is 1.26. The van der Waals surface area contributed by atoms with Crippen molar-refractivity contribution in [2.24, 2.45) is 0 Å². The second-order valence-corrected chi connectivity index (χ2v) is 6.49. The maximum atomic E-state index is 12.8. The SMILES string of the molecule is O=S(=O)(c1cccc(OCCO)c1)c1ccccc1OCCO. The Morgan fingerprint density at radius 1 is 0.870 bits per heavy atom. The van der Waals surface area contributed by atoms with Crippen molar-refractivity contribution in [1.29, 1.82) is 0 Å². The van der Waals surface area contributed by atoms with Crippen molar-refractivity contribution in [3.63, 3.8) is 0 Å². The maximum absolute atomic E-state index is 12.8. The Morgan fingerprint density at radius 3 is 2.30 bits per heavy atom. The summed E-state index contributed by atoms with van der Waals surface area (Å²) in [5.41, 5.74) is 0. The molecule has 0 heterocycles. The first-order valence-corrected chi connectivity index (χ1v) is 8.49. The summed E-state index contributed by atoms with van der Waals surface area (Å²) in [6, 6.07) is 12.3. The molecule has 0 radical (unpaired) electrons. The van der Waals surface area contributed by atoms with E-state index in [1.807, 2.05) is 0 Å². The molecule has 0 spiro atoms. The van der Waals surface area contributed by atoms with Crippen LogP contribution in [0.25, 0.3) is 0 Å². The van der Waals surface area contributed by atoms with Crippen molar-refractivity contribution in [1.82, 2.24) is 0 Å². The average molecular weight is 338 g/mol. The summed E-state index contributed by atoms with van der Waals surface area (Å²) < 4.78 is 36.1. The molecule has 0 fully saturated rings. The molecule has 7 heteroatoms. The molecular formula is C16H18O6S. The van der Waals surface area contributed by atoms with Gasteiger partial charge in [-0.3, -0.25) is 0 Å². The van der Waals surface area contributed by atoms with Gasteiger partial charge in [-0.2, -0.15) is 0 Å². The fourth-order valence-electron chi connectivity index (χ4n) is 1.97. The van der Waals surface area contributed by atoms with Gasteiger partial charge in [-0.1, -0.05) is 18.2 Å². The number of benzene rings is 2. The first-order chi connectivity index (χ1) is 11.1. The zero-order chi connectivity index (χ0) is 16.7. The van der Waals surface area contributed by atoms with Crippen LogP contribution >= 0.6 is 0 Å². The quantitative estimate of drug-likeness (QED) is 0.753. The van der Waals surface area contributed by atoms with Crippen LogP contribution in [-0.4, -0.2) is 45.1 Å². The lowest BCUT2D eigenvalue weighted by atomic mass is 10.3. The van der Waals surface area contributed by atoms with Crippen LogP contribution in [0.4, 0.5) is 0 Å². The smallest absolute Gasteiger partial charge is 0.210 e. The molecule has 0 aromatic heterocycles. The molecule has 0 aliphatic heterocycles. The van der Waals surface area contributed by atoms with Crippen LogP contribution in [0.2, 0.25) is 0 Å². The molecule has 0 aliphatic carbocycles. The molecule has 2 rings (SSSR count). The predicted molar refractivity (Wildman–Crippen MR) is 83.5 cm³/mol. The number of aliphatic hydroxyl groups is 2. The summed E-state index contributed by atoms with van der Waals surface area (Å²) in [5, 5.41) is 17.6. The Morgan fingerprint density at radius 2 is 1.57 bits per heavy atom. The second kappa shape index (κ2) is 7.96. The highest BCUT2D eigenvalue weighted by Crippen LogP contribution is 2.30. The van der Waals surface area contributed by atoms with E-state index in [0.717, 1.165) is 0 Å². The van der Waals surface area contributed by atoms with Crippen LogP contribution in [-0.2, 0) is 9.84 Å². The van der Waals surface area contributed by atoms with Crippen LogP contribution in [0.3, 0.4) is 0 Å². The highest BCUT2D eigenvalue weighted by Gasteiger charge is 2.22. The lowest BCUT2D eigenvalue weighted by Crippen LogP contribution is -2.08. The molecule has 23 heavy (non-hydrogen) atoms. The minimum absolute atomic E-state index is 0.00614. The van der Waals surface area contributed by atoms with Gasteiger partial charge in [0.25, 0.3) is 0 Å². The molecule has 0 saturated carbocycles. The van der Waals surface area contributed by atoms with Crippen LogP contribution in [0, 0.1) is 0 Å². The lowest BCUT2D eigenvalue weighted by molar-refractivity contribution is 0.198. The summed E-state index contributed by atoms with van der Waals surface area (Å²) in [5.74, 6) is 0.539. The van der Waals surface area contributed by atoms with Crippen molar-refractivity contribution < 1.29 is 28.1 Å².